The summed E-state index contributed by atoms with van der Waals surface area (Å²) >= 11 is 0. The summed E-state index contributed by atoms with van der Waals surface area (Å²) in [6, 6.07) is 18.8. The van der Waals surface area contributed by atoms with Crippen molar-refractivity contribution < 1.29 is 19.4 Å². The molecule has 0 aliphatic heterocycles. The average Bonchev–Trinajstić information content (AvgIpc) is 3.42. The fraction of sp³-hybridized carbons (Fsp3) is 0.333. The largest absolute Gasteiger partial charge is 0.481 e. The van der Waals surface area contributed by atoms with Gasteiger partial charge in [0, 0.05) is 25.3 Å². The summed E-state index contributed by atoms with van der Waals surface area (Å²) in [7, 11) is 0. The molecule has 136 valence electrons. The zero-order valence-corrected chi connectivity index (χ0v) is 14.6. The molecule has 0 heterocycles. The van der Waals surface area contributed by atoms with Crippen LogP contribution in [-0.4, -0.2) is 28.6 Å². The number of carbonyl (C=O) groups excluding carboxylic acids is 1. The van der Waals surface area contributed by atoms with Crippen LogP contribution in [0.25, 0.3) is 0 Å². The molecule has 0 saturated heterocycles. The van der Waals surface area contributed by atoms with Gasteiger partial charge >= 0.3 is 5.97 Å². The van der Waals surface area contributed by atoms with Crippen molar-refractivity contribution in [2.45, 2.75) is 43.7 Å². The summed E-state index contributed by atoms with van der Waals surface area (Å²) in [6.07, 6.45) is 2.35. The van der Waals surface area contributed by atoms with Gasteiger partial charge in [0.1, 0.15) is 5.75 Å². The Labute approximate surface area is 153 Å². The number of hydrogen-bond acceptors (Lipinski definition) is 3. The van der Waals surface area contributed by atoms with Crippen LogP contribution in [0.1, 0.15) is 31.2 Å². The molecule has 0 spiro atoms. The minimum absolute atomic E-state index is 0.0182. The Morgan fingerprint density at radius 2 is 1.65 bits per heavy atom. The Bertz CT molecular complexity index is 741. The van der Waals surface area contributed by atoms with E-state index in [0.29, 0.717) is 31.4 Å². The first-order valence-electron chi connectivity index (χ1n) is 8.88. The van der Waals surface area contributed by atoms with Crippen LogP contribution in [-0.2, 0) is 16.0 Å². The van der Waals surface area contributed by atoms with E-state index in [-0.39, 0.29) is 18.4 Å². The highest BCUT2D eigenvalue weighted by molar-refractivity contribution is 5.88. The summed E-state index contributed by atoms with van der Waals surface area (Å²) in [4.78, 5) is 23.7. The van der Waals surface area contributed by atoms with Gasteiger partial charge in [-0.2, -0.15) is 0 Å². The minimum atomic E-state index is -0.862. The van der Waals surface area contributed by atoms with E-state index in [1.165, 1.54) is 0 Å². The SMILES string of the molecule is O=C(O)CCC(Cc1ccccc1)NC(=O)C1(Oc2ccccc2)CC1. The van der Waals surface area contributed by atoms with Gasteiger partial charge in [0.25, 0.3) is 5.91 Å². The molecule has 1 saturated carbocycles. The number of carbonyl (C=O) groups is 2. The highest BCUT2D eigenvalue weighted by Crippen LogP contribution is 2.40. The maximum atomic E-state index is 12.8. The fourth-order valence-electron chi connectivity index (χ4n) is 2.94. The van der Waals surface area contributed by atoms with Gasteiger partial charge in [0.15, 0.2) is 5.60 Å². The number of para-hydroxylation sites is 1. The molecule has 5 nitrogen and oxygen atoms in total. The van der Waals surface area contributed by atoms with Crippen molar-refractivity contribution in [1.29, 1.82) is 0 Å². The van der Waals surface area contributed by atoms with Gasteiger partial charge in [-0.3, -0.25) is 9.59 Å². The highest BCUT2D eigenvalue weighted by Gasteiger charge is 2.53. The molecular formula is C21H23NO4. The van der Waals surface area contributed by atoms with Crippen molar-refractivity contribution in [3.05, 3.63) is 66.2 Å². The topological polar surface area (TPSA) is 75.6 Å². The van der Waals surface area contributed by atoms with Gasteiger partial charge < -0.3 is 15.2 Å². The van der Waals surface area contributed by atoms with Gasteiger partial charge in [-0.25, -0.2) is 0 Å². The second-order valence-corrected chi connectivity index (χ2v) is 6.70. The van der Waals surface area contributed by atoms with Crippen molar-refractivity contribution in [3.63, 3.8) is 0 Å². The van der Waals surface area contributed by atoms with E-state index in [2.05, 4.69) is 5.32 Å². The quantitative estimate of drug-likeness (QED) is 0.726. The van der Waals surface area contributed by atoms with Crippen molar-refractivity contribution in [1.82, 2.24) is 5.32 Å². The lowest BCUT2D eigenvalue weighted by molar-refractivity contribution is -0.137. The fourth-order valence-corrected chi connectivity index (χ4v) is 2.94. The molecule has 1 aliphatic carbocycles. The molecule has 26 heavy (non-hydrogen) atoms. The Kier molecular flexibility index (Phi) is 5.56. The van der Waals surface area contributed by atoms with E-state index in [0.717, 1.165) is 5.56 Å². The first-order valence-corrected chi connectivity index (χ1v) is 8.88. The number of aliphatic carboxylic acids is 1. The van der Waals surface area contributed by atoms with Gasteiger partial charge in [-0.05, 0) is 30.5 Å². The van der Waals surface area contributed by atoms with Gasteiger partial charge in [0.05, 0.1) is 0 Å². The van der Waals surface area contributed by atoms with E-state index in [4.69, 9.17) is 9.84 Å². The summed E-state index contributed by atoms with van der Waals surface area (Å²) in [6.45, 7) is 0. The van der Waals surface area contributed by atoms with Crippen LogP contribution in [0, 0.1) is 0 Å². The van der Waals surface area contributed by atoms with Crippen molar-refractivity contribution in [2.75, 3.05) is 0 Å². The molecule has 2 aromatic carbocycles. The Hall–Kier alpha value is -2.82. The first-order chi connectivity index (χ1) is 12.6. The maximum absolute atomic E-state index is 12.8. The summed E-state index contributed by atoms with van der Waals surface area (Å²) in [5.74, 6) is -0.350. The normalized spacial score (nSPS) is 15.7. The number of carboxylic acids is 1. The predicted molar refractivity (Wildman–Crippen MR) is 98.0 cm³/mol. The zero-order valence-electron chi connectivity index (χ0n) is 14.6. The van der Waals surface area contributed by atoms with E-state index in [1.807, 2.05) is 60.7 Å². The van der Waals surface area contributed by atoms with Crippen LogP contribution in [0.5, 0.6) is 5.75 Å². The third-order valence-electron chi connectivity index (χ3n) is 4.54. The van der Waals surface area contributed by atoms with Gasteiger partial charge in [-0.1, -0.05) is 48.5 Å². The van der Waals surface area contributed by atoms with Crippen LogP contribution in [0.15, 0.2) is 60.7 Å². The molecule has 1 unspecified atom stereocenters. The monoisotopic (exact) mass is 353 g/mol. The standard InChI is InChI=1S/C21H23NO4/c23-19(24)12-11-17(15-16-7-3-1-4-8-16)22-20(25)21(13-14-21)26-18-9-5-2-6-10-18/h1-10,17H,11-15H2,(H,22,25)(H,23,24). The van der Waals surface area contributed by atoms with E-state index < -0.39 is 11.6 Å². The van der Waals surface area contributed by atoms with Crippen LogP contribution in [0.4, 0.5) is 0 Å². The second kappa shape index (κ2) is 8.04. The number of amides is 1. The van der Waals surface area contributed by atoms with E-state index >= 15 is 0 Å². The summed E-state index contributed by atoms with van der Waals surface area (Å²) < 4.78 is 5.92. The number of carboxylic acid groups (broad SMARTS) is 1. The smallest absolute Gasteiger partial charge is 0.303 e. The van der Waals surface area contributed by atoms with Crippen LogP contribution < -0.4 is 10.1 Å². The summed E-state index contributed by atoms with van der Waals surface area (Å²) in [5, 5.41) is 12.0. The van der Waals surface area contributed by atoms with Crippen molar-refractivity contribution in [3.8, 4) is 5.75 Å². The molecule has 1 fully saturated rings. The number of nitrogens with one attached hydrogen (secondary N) is 1. The third-order valence-corrected chi connectivity index (χ3v) is 4.54. The maximum Gasteiger partial charge on any atom is 0.303 e. The molecule has 0 radical (unpaired) electrons. The number of hydrogen-bond donors (Lipinski definition) is 2. The Balaban J connectivity index is 1.65. The molecule has 5 heteroatoms. The lowest BCUT2D eigenvalue weighted by Gasteiger charge is -2.23. The van der Waals surface area contributed by atoms with E-state index in [9.17, 15) is 9.59 Å². The van der Waals surface area contributed by atoms with Gasteiger partial charge in [-0.15, -0.1) is 0 Å². The van der Waals surface area contributed by atoms with Crippen molar-refractivity contribution in [2.24, 2.45) is 0 Å². The van der Waals surface area contributed by atoms with Crippen molar-refractivity contribution >= 4 is 11.9 Å². The molecular weight excluding hydrogens is 330 g/mol. The van der Waals surface area contributed by atoms with Crippen LogP contribution in [0.2, 0.25) is 0 Å². The molecule has 1 aliphatic rings. The Morgan fingerprint density at radius 1 is 1.04 bits per heavy atom. The lowest BCUT2D eigenvalue weighted by Crippen LogP contribution is -2.46. The van der Waals surface area contributed by atoms with Gasteiger partial charge in [0.2, 0.25) is 0 Å². The molecule has 2 N–H and O–H groups in total. The molecule has 1 atom stereocenters. The molecule has 2 aromatic rings. The third kappa shape index (κ3) is 4.85. The number of ether oxygens (including phenoxy) is 1. The Morgan fingerprint density at radius 3 is 2.23 bits per heavy atom. The molecule has 1 amide bonds. The van der Waals surface area contributed by atoms with E-state index in [1.54, 1.807) is 0 Å². The molecule has 0 aromatic heterocycles. The zero-order chi connectivity index (χ0) is 18.4. The average molecular weight is 353 g/mol. The first kappa shape index (κ1) is 18.0. The van der Waals surface area contributed by atoms with Crippen LogP contribution in [0.3, 0.4) is 0 Å². The number of benzene rings is 2. The second-order valence-electron chi connectivity index (χ2n) is 6.70. The predicted octanol–water partition coefficient (Wildman–Crippen LogP) is 3.19. The summed E-state index contributed by atoms with van der Waals surface area (Å²) in [5.41, 5.74) is 0.247. The highest BCUT2D eigenvalue weighted by atomic mass is 16.5. The van der Waals surface area contributed by atoms with Crippen LogP contribution >= 0.6 is 0 Å². The molecule has 3 rings (SSSR count). The minimum Gasteiger partial charge on any atom is -0.481 e. The molecule has 0 bridgehead atoms. The lowest BCUT2D eigenvalue weighted by atomic mass is 10.0. The number of rotatable bonds is 9.